The number of hydrogen-bond donors (Lipinski definition) is 1. The number of rotatable bonds is 5. The van der Waals surface area contributed by atoms with Crippen LogP contribution in [0.15, 0.2) is 36.8 Å². The second-order valence-electron chi connectivity index (χ2n) is 5.56. The Kier molecular flexibility index (Phi) is 5.77. The average molecular weight is 433 g/mol. The van der Waals surface area contributed by atoms with Gasteiger partial charge in [-0.1, -0.05) is 52.5 Å². The molecule has 0 saturated carbocycles. The van der Waals surface area contributed by atoms with E-state index in [0.717, 1.165) is 5.56 Å². The van der Waals surface area contributed by atoms with E-state index in [-0.39, 0.29) is 11.7 Å². The molecule has 1 amide bonds. The van der Waals surface area contributed by atoms with Crippen molar-refractivity contribution in [2.75, 3.05) is 5.32 Å². The molecule has 0 aliphatic heterocycles. The van der Waals surface area contributed by atoms with Crippen molar-refractivity contribution in [3.8, 4) is 0 Å². The third-order valence-electron chi connectivity index (χ3n) is 3.65. The van der Waals surface area contributed by atoms with Gasteiger partial charge in [0.25, 0.3) is 0 Å². The van der Waals surface area contributed by atoms with Crippen molar-refractivity contribution in [1.29, 1.82) is 0 Å². The number of amides is 1. The van der Waals surface area contributed by atoms with E-state index in [4.69, 9.17) is 46.4 Å². The minimum atomic E-state index is -0.575. The summed E-state index contributed by atoms with van der Waals surface area (Å²) in [6.07, 6.45) is 4.63. The molecular formula is C16H13Cl4N5O. The molecule has 0 saturated heterocycles. The molecule has 6 nitrogen and oxygen atoms in total. The molecule has 3 rings (SSSR count). The van der Waals surface area contributed by atoms with E-state index in [9.17, 15) is 4.79 Å². The smallest absolute Gasteiger partial charge is 0.250 e. The number of halogens is 4. The third kappa shape index (κ3) is 4.32. The lowest BCUT2D eigenvalue weighted by Crippen LogP contribution is -2.24. The van der Waals surface area contributed by atoms with Crippen LogP contribution in [0.2, 0.25) is 20.1 Å². The van der Waals surface area contributed by atoms with Crippen molar-refractivity contribution in [2.45, 2.75) is 19.5 Å². The summed E-state index contributed by atoms with van der Waals surface area (Å²) in [6.45, 7) is 2.08. The van der Waals surface area contributed by atoms with Crippen LogP contribution in [0.1, 0.15) is 18.5 Å². The first-order valence-corrected chi connectivity index (χ1v) is 9.02. The molecule has 2 heterocycles. The SMILES string of the molecule is CC(C(=O)Nc1nn(Cc2ccc(Cl)cc2Cl)cc1Cl)n1cc(Cl)cn1. The van der Waals surface area contributed by atoms with Gasteiger partial charge in [-0.05, 0) is 24.6 Å². The highest BCUT2D eigenvalue weighted by molar-refractivity contribution is 6.35. The van der Waals surface area contributed by atoms with Crippen molar-refractivity contribution >= 4 is 58.1 Å². The zero-order valence-corrected chi connectivity index (χ0v) is 16.5. The standard InChI is InChI=1S/C16H13Cl4N5O/c1-9(25-7-12(18)5-21-25)16(26)22-15-14(20)8-24(23-15)6-10-2-3-11(17)4-13(10)19/h2-5,7-9H,6H2,1H3,(H,22,23,26). The van der Waals surface area contributed by atoms with E-state index in [2.05, 4.69) is 15.5 Å². The fourth-order valence-electron chi connectivity index (χ4n) is 2.26. The predicted molar refractivity (Wildman–Crippen MR) is 103 cm³/mol. The largest absolute Gasteiger partial charge is 0.306 e. The predicted octanol–water partition coefficient (Wildman–Crippen LogP) is 4.94. The van der Waals surface area contributed by atoms with Crippen LogP contribution in [0.4, 0.5) is 5.82 Å². The first-order chi connectivity index (χ1) is 12.3. The van der Waals surface area contributed by atoms with Gasteiger partial charge in [0.15, 0.2) is 5.82 Å². The fourth-order valence-corrected chi connectivity index (χ4v) is 3.06. The Morgan fingerprint density at radius 3 is 2.58 bits per heavy atom. The Balaban J connectivity index is 1.72. The first-order valence-electron chi connectivity index (χ1n) is 7.51. The van der Waals surface area contributed by atoms with Crippen LogP contribution in [0.3, 0.4) is 0 Å². The second kappa shape index (κ2) is 7.88. The number of benzene rings is 1. The molecule has 0 bridgehead atoms. The van der Waals surface area contributed by atoms with Gasteiger partial charge in [-0.3, -0.25) is 14.2 Å². The number of hydrogen-bond acceptors (Lipinski definition) is 3. The molecule has 1 atom stereocenters. The Morgan fingerprint density at radius 2 is 1.92 bits per heavy atom. The molecule has 0 spiro atoms. The minimum Gasteiger partial charge on any atom is -0.306 e. The Bertz CT molecular complexity index is 952. The van der Waals surface area contributed by atoms with Gasteiger partial charge in [-0.2, -0.15) is 10.2 Å². The number of carbonyl (C=O) groups is 1. The highest BCUT2D eigenvalue weighted by atomic mass is 35.5. The lowest BCUT2D eigenvalue weighted by atomic mass is 10.2. The van der Waals surface area contributed by atoms with Crippen LogP contribution in [-0.2, 0) is 11.3 Å². The number of anilines is 1. The van der Waals surface area contributed by atoms with Gasteiger partial charge in [-0.25, -0.2) is 0 Å². The summed E-state index contributed by atoms with van der Waals surface area (Å²) in [5, 5.41) is 12.8. The van der Waals surface area contributed by atoms with Crippen LogP contribution in [0.5, 0.6) is 0 Å². The number of nitrogens with one attached hydrogen (secondary N) is 1. The molecule has 0 fully saturated rings. The van der Waals surface area contributed by atoms with Gasteiger partial charge in [-0.15, -0.1) is 0 Å². The number of aromatic nitrogens is 4. The summed E-state index contributed by atoms with van der Waals surface area (Å²) in [5.74, 6) is -0.0618. The van der Waals surface area contributed by atoms with Crippen molar-refractivity contribution < 1.29 is 4.79 Å². The summed E-state index contributed by atoms with van der Waals surface area (Å²) in [5.41, 5.74) is 0.827. The van der Waals surface area contributed by atoms with E-state index in [0.29, 0.717) is 26.6 Å². The zero-order valence-electron chi connectivity index (χ0n) is 13.5. The monoisotopic (exact) mass is 431 g/mol. The maximum atomic E-state index is 12.4. The quantitative estimate of drug-likeness (QED) is 0.620. The van der Waals surface area contributed by atoms with Gasteiger partial charge in [0.1, 0.15) is 11.1 Å². The Labute approximate surface area is 169 Å². The Hall–Kier alpha value is -1.73. The van der Waals surface area contributed by atoms with Gasteiger partial charge in [0, 0.05) is 22.4 Å². The fraction of sp³-hybridized carbons (Fsp3) is 0.188. The average Bonchev–Trinajstić information content (AvgIpc) is 3.15. The minimum absolute atomic E-state index is 0.256. The molecule has 26 heavy (non-hydrogen) atoms. The maximum absolute atomic E-state index is 12.4. The first kappa shape index (κ1) is 19.0. The van der Waals surface area contributed by atoms with Crippen LogP contribution in [0, 0.1) is 0 Å². The van der Waals surface area contributed by atoms with Gasteiger partial charge in [0.05, 0.1) is 17.8 Å². The van der Waals surface area contributed by atoms with Crippen LogP contribution < -0.4 is 5.32 Å². The molecule has 1 N–H and O–H groups in total. The van der Waals surface area contributed by atoms with Crippen LogP contribution in [0.25, 0.3) is 0 Å². The summed E-state index contributed by atoms with van der Waals surface area (Å²) < 4.78 is 3.04. The van der Waals surface area contributed by atoms with Crippen molar-refractivity contribution in [3.63, 3.8) is 0 Å². The zero-order chi connectivity index (χ0) is 18.8. The van der Waals surface area contributed by atoms with E-state index in [1.807, 2.05) is 6.07 Å². The molecule has 136 valence electrons. The summed E-state index contributed by atoms with van der Waals surface area (Å²) in [4.78, 5) is 12.4. The number of nitrogens with zero attached hydrogens (tertiary/aromatic N) is 4. The van der Waals surface area contributed by atoms with E-state index >= 15 is 0 Å². The third-order valence-corrected chi connectivity index (χ3v) is 4.71. The van der Waals surface area contributed by atoms with E-state index in [1.165, 1.54) is 10.9 Å². The van der Waals surface area contributed by atoms with Gasteiger partial charge in [0.2, 0.25) is 5.91 Å². The molecule has 0 aliphatic rings. The highest BCUT2D eigenvalue weighted by Gasteiger charge is 2.19. The molecular weight excluding hydrogens is 420 g/mol. The number of carbonyl (C=O) groups excluding carboxylic acids is 1. The summed E-state index contributed by atoms with van der Waals surface area (Å²) in [6, 6.07) is 4.63. The summed E-state index contributed by atoms with van der Waals surface area (Å²) in [7, 11) is 0. The highest BCUT2D eigenvalue weighted by Crippen LogP contribution is 2.25. The second-order valence-corrected chi connectivity index (χ2v) is 7.25. The van der Waals surface area contributed by atoms with Crippen molar-refractivity contribution in [2.24, 2.45) is 0 Å². The topological polar surface area (TPSA) is 64.7 Å². The van der Waals surface area contributed by atoms with Crippen LogP contribution in [-0.4, -0.2) is 25.5 Å². The van der Waals surface area contributed by atoms with Gasteiger partial charge < -0.3 is 5.32 Å². The molecule has 1 unspecified atom stereocenters. The van der Waals surface area contributed by atoms with Crippen molar-refractivity contribution in [1.82, 2.24) is 19.6 Å². The van der Waals surface area contributed by atoms with Gasteiger partial charge >= 0.3 is 0 Å². The molecule has 0 aliphatic carbocycles. The maximum Gasteiger partial charge on any atom is 0.250 e. The summed E-state index contributed by atoms with van der Waals surface area (Å²) >= 11 is 24.1. The van der Waals surface area contributed by atoms with E-state index < -0.39 is 6.04 Å². The molecule has 2 aromatic heterocycles. The molecule has 10 heteroatoms. The van der Waals surface area contributed by atoms with Crippen LogP contribution >= 0.6 is 46.4 Å². The van der Waals surface area contributed by atoms with E-state index in [1.54, 1.807) is 36.1 Å². The molecule has 3 aromatic rings. The lowest BCUT2D eigenvalue weighted by molar-refractivity contribution is -0.119. The normalized spacial score (nSPS) is 12.2. The van der Waals surface area contributed by atoms with Crippen molar-refractivity contribution in [3.05, 3.63) is 62.4 Å². The molecule has 1 aromatic carbocycles. The molecule has 0 radical (unpaired) electrons. The lowest BCUT2D eigenvalue weighted by Gasteiger charge is -2.11. The Morgan fingerprint density at radius 1 is 1.15 bits per heavy atom.